The van der Waals surface area contributed by atoms with E-state index in [-0.39, 0.29) is 30.0 Å². The molecular formula is C33H38FN9O3. The predicted octanol–water partition coefficient (Wildman–Crippen LogP) is 3.34. The van der Waals surface area contributed by atoms with Crippen LogP contribution < -0.4 is 21.3 Å². The molecule has 0 spiro atoms. The Kier molecular flexibility index (Phi) is 9.89. The number of nitrogens with zero attached hydrogens (tertiary/aromatic N) is 5. The minimum absolute atomic E-state index is 0.130. The molecule has 4 aromatic rings. The third-order valence-corrected chi connectivity index (χ3v) is 8.83. The lowest BCUT2D eigenvalue weighted by molar-refractivity contribution is -0.130. The SMILES string of the molecule is NCC1CCC(C(=O)NC(Cc2ccc(-c3ccnc(N4CCOCC4)c3F)cc2)C(=O)Nc2ccc(-c3nn[nH]n3)cc2)CC1. The summed E-state index contributed by atoms with van der Waals surface area (Å²) in [6, 6.07) is 15.3. The number of hydrogen-bond donors (Lipinski definition) is 4. The minimum atomic E-state index is -0.826. The molecule has 12 nitrogen and oxygen atoms in total. The van der Waals surface area contributed by atoms with Gasteiger partial charge in [-0.15, -0.1) is 10.2 Å². The van der Waals surface area contributed by atoms with Crippen molar-refractivity contribution in [3.8, 4) is 22.5 Å². The number of benzene rings is 2. The Labute approximate surface area is 266 Å². The van der Waals surface area contributed by atoms with Crippen LogP contribution in [-0.4, -0.2) is 76.3 Å². The van der Waals surface area contributed by atoms with Crippen molar-refractivity contribution in [1.82, 2.24) is 30.9 Å². The van der Waals surface area contributed by atoms with Crippen LogP contribution in [0.15, 0.2) is 60.8 Å². The van der Waals surface area contributed by atoms with Crippen LogP contribution in [0.2, 0.25) is 0 Å². The molecule has 6 rings (SSSR count). The number of carbonyl (C=O) groups excluding carboxylic acids is 2. The van der Waals surface area contributed by atoms with Crippen LogP contribution in [0.3, 0.4) is 0 Å². The van der Waals surface area contributed by atoms with Gasteiger partial charge in [-0.05, 0) is 84.8 Å². The Bertz CT molecular complexity index is 1600. The lowest BCUT2D eigenvalue weighted by Crippen LogP contribution is -2.48. The number of amides is 2. The molecule has 2 fully saturated rings. The van der Waals surface area contributed by atoms with Gasteiger partial charge in [-0.3, -0.25) is 9.59 Å². The first-order valence-electron chi connectivity index (χ1n) is 15.7. The normalized spacial score (nSPS) is 19.0. The summed E-state index contributed by atoms with van der Waals surface area (Å²) in [5, 5.41) is 19.9. The van der Waals surface area contributed by atoms with Crippen molar-refractivity contribution in [3.63, 3.8) is 0 Å². The molecule has 1 aliphatic heterocycles. The van der Waals surface area contributed by atoms with Gasteiger partial charge in [0.25, 0.3) is 0 Å². The van der Waals surface area contributed by atoms with E-state index in [0.29, 0.717) is 67.2 Å². The molecule has 1 saturated heterocycles. The molecular weight excluding hydrogens is 589 g/mol. The first-order chi connectivity index (χ1) is 22.5. The molecule has 46 heavy (non-hydrogen) atoms. The number of nitrogens with one attached hydrogen (secondary N) is 3. The maximum Gasteiger partial charge on any atom is 0.247 e. The van der Waals surface area contributed by atoms with Gasteiger partial charge in [0, 0.05) is 48.4 Å². The number of tetrazole rings is 1. The van der Waals surface area contributed by atoms with Crippen molar-refractivity contribution in [2.75, 3.05) is 43.1 Å². The van der Waals surface area contributed by atoms with Crippen LogP contribution in [0.25, 0.3) is 22.5 Å². The van der Waals surface area contributed by atoms with E-state index in [0.717, 1.165) is 36.8 Å². The summed E-state index contributed by atoms with van der Waals surface area (Å²) in [6.07, 6.45) is 5.17. The van der Waals surface area contributed by atoms with Crippen LogP contribution in [0.4, 0.5) is 15.9 Å². The predicted molar refractivity (Wildman–Crippen MR) is 171 cm³/mol. The van der Waals surface area contributed by atoms with Crippen LogP contribution in [0.5, 0.6) is 0 Å². The molecule has 240 valence electrons. The summed E-state index contributed by atoms with van der Waals surface area (Å²) < 4.78 is 21.0. The zero-order chi connectivity index (χ0) is 31.9. The summed E-state index contributed by atoms with van der Waals surface area (Å²) in [7, 11) is 0. The second-order valence-electron chi connectivity index (χ2n) is 11.8. The van der Waals surface area contributed by atoms with Gasteiger partial charge in [0.1, 0.15) is 6.04 Å². The highest BCUT2D eigenvalue weighted by atomic mass is 19.1. The van der Waals surface area contributed by atoms with Crippen molar-refractivity contribution < 1.29 is 18.7 Å². The van der Waals surface area contributed by atoms with Crippen molar-refractivity contribution >= 4 is 23.3 Å². The quantitative estimate of drug-likeness (QED) is 0.206. The van der Waals surface area contributed by atoms with Gasteiger partial charge in [0.05, 0.1) is 13.2 Å². The summed E-state index contributed by atoms with van der Waals surface area (Å²) in [5.41, 5.74) is 9.12. The number of pyridine rings is 1. The molecule has 0 bridgehead atoms. The first kappa shape index (κ1) is 31.2. The maximum atomic E-state index is 15.6. The first-order valence-corrected chi connectivity index (χ1v) is 15.7. The van der Waals surface area contributed by atoms with Crippen molar-refractivity contribution in [2.24, 2.45) is 17.6 Å². The number of aromatic amines is 1. The number of morpholine rings is 1. The van der Waals surface area contributed by atoms with Crippen molar-refractivity contribution in [3.05, 3.63) is 72.2 Å². The van der Waals surface area contributed by atoms with Crippen molar-refractivity contribution in [1.29, 1.82) is 0 Å². The van der Waals surface area contributed by atoms with Gasteiger partial charge in [0.15, 0.2) is 11.6 Å². The molecule has 0 radical (unpaired) electrons. The van der Waals surface area contributed by atoms with Gasteiger partial charge in [-0.1, -0.05) is 24.3 Å². The highest BCUT2D eigenvalue weighted by molar-refractivity contribution is 5.97. The Hall–Kier alpha value is -4.75. The molecule has 2 amide bonds. The molecule has 2 aliphatic rings. The second kappa shape index (κ2) is 14.6. The average Bonchev–Trinajstić information content (AvgIpc) is 3.65. The number of nitrogens with two attached hydrogens (primary N) is 1. The molecule has 3 heterocycles. The molecule has 13 heteroatoms. The highest BCUT2D eigenvalue weighted by Gasteiger charge is 2.29. The average molecular weight is 628 g/mol. The topological polar surface area (TPSA) is 164 Å². The Balaban J connectivity index is 1.17. The maximum absolute atomic E-state index is 15.6. The standard InChI is InChI=1S/C33H38FN9O3/c34-29-27(13-14-36-31(29)43-15-17-46-18-16-43)23-5-1-21(2-6-23)19-28(38-32(44)25-7-3-22(20-35)4-8-25)33(45)37-26-11-9-24(10-12-26)30-39-41-42-40-30/h1-2,5-6,9-14,22,25,28H,3-4,7-8,15-20,35H2,(H,37,45)(H,38,44)(H,39,40,41,42). The van der Waals surface area contributed by atoms with E-state index in [1.807, 2.05) is 29.2 Å². The van der Waals surface area contributed by atoms with Gasteiger partial charge < -0.3 is 26.0 Å². The zero-order valence-corrected chi connectivity index (χ0v) is 25.5. The third kappa shape index (κ3) is 7.37. The van der Waals surface area contributed by atoms with Crippen LogP contribution >= 0.6 is 0 Å². The van der Waals surface area contributed by atoms with E-state index < -0.39 is 6.04 Å². The Morgan fingerprint density at radius 1 is 1.00 bits per heavy atom. The number of H-pyrrole nitrogens is 1. The van der Waals surface area contributed by atoms with Gasteiger partial charge in [-0.25, -0.2) is 9.37 Å². The molecule has 2 aromatic carbocycles. The number of carbonyl (C=O) groups is 2. The van der Waals surface area contributed by atoms with Gasteiger partial charge in [-0.2, -0.15) is 5.21 Å². The molecule has 1 unspecified atom stereocenters. The van der Waals surface area contributed by atoms with E-state index >= 15 is 4.39 Å². The molecule has 1 atom stereocenters. The number of ether oxygens (including phenoxy) is 1. The smallest absolute Gasteiger partial charge is 0.247 e. The fourth-order valence-electron chi connectivity index (χ4n) is 6.08. The lowest BCUT2D eigenvalue weighted by Gasteiger charge is -2.28. The zero-order valence-electron chi connectivity index (χ0n) is 25.5. The van der Waals surface area contributed by atoms with Crippen LogP contribution in [-0.2, 0) is 20.7 Å². The number of halogens is 1. The van der Waals surface area contributed by atoms with E-state index in [9.17, 15) is 9.59 Å². The lowest BCUT2D eigenvalue weighted by atomic mass is 9.81. The fraction of sp³-hybridized carbons (Fsp3) is 0.394. The van der Waals surface area contributed by atoms with Gasteiger partial charge in [0.2, 0.25) is 17.6 Å². The monoisotopic (exact) mass is 627 g/mol. The Morgan fingerprint density at radius 3 is 2.39 bits per heavy atom. The summed E-state index contributed by atoms with van der Waals surface area (Å²) >= 11 is 0. The highest BCUT2D eigenvalue weighted by Crippen LogP contribution is 2.30. The van der Waals surface area contributed by atoms with E-state index in [2.05, 4.69) is 36.2 Å². The molecule has 5 N–H and O–H groups in total. The van der Waals surface area contributed by atoms with Gasteiger partial charge >= 0.3 is 0 Å². The summed E-state index contributed by atoms with van der Waals surface area (Å²) in [6.45, 7) is 2.86. The number of aromatic nitrogens is 5. The summed E-state index contributed by atoms with van der Waals surface area (Å²) in [5.74, 6) is 0.188. The molecule has 2 aromatic heterocycles. The second-order valence-corrected chi connectivity index (χ2v) is 11.8. The Morgan fingerprint density at radius 2 is 1.72 bits per heavy atom. The number of rotatable bonds is 10. The van der Waals surface area contributed by atoms with Crippen molar-refractivity contribution in [2.45, 2.75) is 38.1 Å². The van der Waals surface area contributed by atoms with E-state index in [4.69, 9.17) is 10.5 Å². The number of hydrogen-bond acceptors (Lipinski definition) is 9. The third-order valence-electron chi connectivity index (χ3n) is 8.83. The fourth-order valence-corrected chi connectivity index (χ4v) is 6.08. The molecule has 1 saturated carbocycles. The van der Waals surface area contributed by atoms with E-state index in [1.54, 1.807) is 36.5 Å². The molecule has 1 aliphatic carbocycles. The summed E-state index contributed by atoms with van der Waals surface area (Å²) in [4.78, 5) is 33.2. The van der Waals surface area contributed by atoms with Crippen LogP contribution in [0, 0.1) is 17.7 Å². The largest absolute Gasteiger partial charge is 0.378 e. The van der Waals surface area contributed by atoms with E-state index in [1.165, 1.54) is 0 Å². The van der Waals surface area contributed by atoms with Crippen LogP contribution in [0.1, 0.15) is 31.2 Å². The number of anilines is 2. The minimum Gasteiger partial charge on any atom is -0.378 e.